The average Bonchev–Trinajstić information content (AvgIpc) is 2.48. The molecule has 0 aliphatic carbocycles. The third-order valence-electron chi connectivity index (χ3n) is 2.34. The monoisotopic (exact) mass is 306 g/mol. The fourth-order valence-electron chi connectivity index (χ4n) is 1.36. The Morgan fingerprint density at radius 3 is 3.00 bits per heavy atom. The van der Waals surface area contributed by atoms with Crippen LogP contribution < -0.4 is 20.6 Å². The quantitative estimate of drug-likeness (QED) is 0.324. The number of benzene rings is 1. The van der Waals surface area contributed by atoms with Crippen LogP contribution in [0.5, 0.6) is 5.75 Å². The third kappa shape index (κ3) is 6.53. The first kappa shape index (κ1) is 16.6. The Hall–Kier alpha value is -2.41. The molecule has 0 unspecified atom stereocenters. The Bertz CT molecular complexity index is 558. The van der Waals surface area contributed by atoms with Crippen LogP contribution in [0.25, 0.3) is 0 Å². The summed E-state index contributed by atoms with van der Waals surface area (Å²) in [6.45, 7) is 5.42. The summed E-state index contributed by atoms with van der Waals surface area (Å²) in [6.07, 6.45) is 1.68. The van der Waals surface area contributed by atoms with Crippen molar-refractivity contribution in [3.05, 3.63) is 42.5 Å². The molecule has 0 aliphatic heterocycles. The highest BCUT2D eigenvalue weighted by Crippen LogP contribution is 2.13. The second-order valence-electron chi connectivity index (χ2n) is 4.00. The lowest BCUT2D eigenvalue weighted by molar-refractivity contribution is -0.307. The molecule has 112 valence electrons. The number of hydrogen-bond acceptors (Lipinski definition) is 5. The first-order chi connectivity index (χ1) is 10.0. The van der Waals surface area contributed by atoms with Crippen LogP contribution in [0, 0.1) is 0 Å². The lowest BCUT2D eigenvalue weighted by Gasteiger charge is -2.09. The van der Waals surface area contributed by atoms with Gasteiger partial charge in [-0.25, -0.2) is 0 Å². The van der Waals surface area contributed by atoms with E-state index in [1.165, 1.54) is 0 Å². The van der Waals surface area contributed by atoms with Crippen molar-refractivity contribution in [1.29, 1.82) is 0 Å². The van der Waals surface area contributed by atoms with E-state index in [0.29, 0.717) is 23.1 Å². The number of hydrogen-bond donors (Lipinski definition) is 2. The number of rotatable bonds is 7. The molecule has 0 atom stereocenters. The molecule has 0 radical (unpaired) electrons. The van der Waals surface area contributed by atoms with Crippen molar-refractivity contribution in [2.45, 2.75) is 6.92 Å². The Morgan fingerprint density at radius 1 is 1.57 bits per heavy atom. The van der Waals surface area contributed by atoms with Gasteiger partial charge in [0.1, 0.15) is 12.4 Å². The molecule has 1 aromatic carbocycles. The van der Waals surface area contributed by atoms with Crippen molar-refractivity contribution in [3.8, 4) is 5.75 Å². The molecule has 0 aromatic heterocycles. The van der Waals surface area contributed by atoms with Crippen LogP contribution in [0.1, 0.15) is 12.5 Å². The van der Waals surface area contributed by atoms with E-state index in [2.05, 4.69) is 22.4 Å². The van der Waals surface area contributed by atoms with Gasteiger partial charge in [-0.2, -0.15) is 5.10 Å². The summed E-state index contributed by atoms with van der Waals surface area (Å²) in [5, 5.41) is 17.8. The molecule has 0 spiro atoms. The van der Waals surface area contributed by atoms with Gasteiger partial charge >= 0.3 is 0 Å². The van der Waals surface area contributed by atoms with Crippen LogP contribution in [0.3, 0.4) is 0 Å². The summed E-state index contributed by atoms with van der Waals surface area (Å²) in [5.74, 6) is -0.843. The number of aliphatic carboxylic acids is 1. The number of nitrogens with zero attached hydrogens (tertiary/aromatic N) is 1. The fourth-order valence-corrected chi connectivity index (χ4v) is 1.49. The molecule has 7 heteroatoms. The van der Waals surface area contributed by atoms with Crippen LogP contribution in [0.4, 0.5) is 0 Å². The number of carboxylic acid groups (broad SMARTS) is 1. The van der Waals surface area contributed by atoms with Gasteiger partial charge < -0.3 is 20.0 Å². The van der Waals surface area contributed by atoms with Crippen molar-refractivity contribution in [2.24, 2.45) is 5.10 Å². The molecule has 21 heavy (non-hydrogen) atoms. The Kier molecular flexibility index (Phi) is 6.90. The number of thiocarbonyl (C=S) groups is 1. The van der Waals surface area contributed by atoms with E-state index in [9.17, 15) is 9.90 Å². The van der Waals surface area contributed by atoms with Crippen LogP contribution in [-0.2, 0) is 4.79 Å². The van der Waals surface area contributed by atoms with Crippen molar-refractivity contribution < 1.29 is 14.6 Å². The number of hydrazone groups is 1. The lowest BCUT2D eigenvalue weighted by Crippen LogP contribution is -2.32. The third-order valence-corrected chi connectivity index (χ3v) is 2.58. The first-order valence-electron chi connectivity index (χ1n) is 6.15. The predicted octanol–water partition coefficient (Wildman–Crippen LogP) is 0.189. The minimum Gasteiger partial charge on any atom is -0.546 e. The summed E-state index contributed by atoms with van der Waals surface area (Å²) < 4.78 is 5.05. The predicted molar refractivity (Wildman–Crippen MR) is 83.1 cm³/mol. The summed E-state index contributed by atoms with van der Waals surface area (Å²) in [6, 6.07) is 6.91. The smallest absolute Gasteiger partial charge is 0.187 e. The number of carbonyl (C=O) groups excluding carboxylic acids is 1. The van der Waals surface area contributed by atoms with Gasteiger partial charge in [-0.15, -0.1) is 6.58 Å². The van der Waals surface area contributed by atoms with Crippen LogP contribution in [-0.4, -0.2) is 29.9 Å². The molecule has 0 aliphatic rings. The molecule has 1 aromatic rings. The van der Waals surface area contributed by atoms with Crippen molar-refractivity contribution >= 4 is 29.0 Å². The second kappa shape index (κ2) is 8.70. The highest BCUT2D eigenvalue weighted by molar-refractivity contribution is 7.80. The average molecular weight is 306 g/mol. The van der Waals surface area contributed by atoms with E-state index in [-0.39, 0.29) is 0 Å². The van der Waals surface area contributed by atoms with Crippen LogP contribution in [0.2, 0.25) is 0 Å². The number of nitrogens with one attached hydrogen (secondary N) is 2. The molecule has 0 fully saturated rings. The molecule has 0 amide bonds. The van der Waals surface area contributed by atoms with E-state index < -0.39 is 12.6 Å². The zero-order valence-corrected chi connectivity index (χ0v) is 12.4. The van der Waals surface area contributed by atoms with Gasteiger partial charge in [0, 0.05) is 12.1 Å². The molecule has 1 rings (SSSR count). The maximum absolute atomic E-state index is 10.4. The molecular weight excluding hydrogens is 290 g/mol. The van der Waals surface area contributed by atoms with Crippen molar-refractivity contribution in [3.63, 3.8) is 0 Å². The minimum atomic E-state index is -1.27. The highest BCUT2D eigenvalue weighted by atomic mass is 32.1. The lowest BCUT2D eigenvalue weighted by atomic mass is 10.1. The van der Waals surface area contributed by atoms with E-state index >= 15 is 0 Å². The molecule has 2 N–H and O–H groups in total. The Labute approximate surface area is 128 Å². The summed E-state index contributed by atoms with van der Waals surface area (Å²) >= 11 is 5.01. The van der Waals surface area contributed by atoms with Gasteiger partial charge in [-0.1, -0.05) is 18.2 Å². The maximum atomic E-state index is 10.4. The normalized spacial score (nSPS) is 10.6. The van der Waals surface area contributed by atoms with Crippen molar-refractivity contribution in [1.82, 2.24) is 10.7 Å². The Morgan fingerprint density at radius 2 is 2.33 bits per heavy atom. The SMILES string of the molecule is C=CCNC(=S)N/N=C(/C)c1cccc(OCC(=O)[O-])c1. The van der Waals surface area contributed by atoms with Crippen LogP contribution in [0.15, 0.2) is 42.0 Å². The minimum absolute atomic E-state index is 0.388. The second-order valence-corrected chi connectivity index (χ2v) is 4.40. The summed E-state index contributed by atoms with van der Waals surface area (Å²) in [4.78, 5) is 10.4. The molecular formula is C14H16N3O3S-. The standard InChI is InChI=1S/C14H17N3O3S/c1-3-7-15-14(21)17-16-10(2)11-5-4-6-12(8-11)20-9-13(18)19/h3-6,8H,1,7,9H2,2H3,(H,18,19)(H2,15,17,21)/p-1/b16-10-. The van der Waals surface area contributed by atoms with Gasteiger partial charge in [0.25, 0.3) is 0 Å². The number of carboxylic acids is 1. The Balaban J connectivity index is 2.66. The summed E-state index contributed by atoms with van der Waals surface area (Å²) in [7, 11) is 0. The zero-order chi connectivity index (χ0) is 15.7. The van der Waals surface area contributed by atoms with E-state index in [0.717, 1.165) is 5.56 Å². The first-order valence-corrected chi connectivity index (χ1v) is 6.56. The topological polar surface area (TPSA) is 85.8 Å². The highest BCUT2D eigenvalue weighted by Gasteiger charge is 2.01. The van der Waals surface area contributed by atoms with E-state index in [1.807, 2.05) is 6.07 Å². The number of ether oxygens (including phenoxy) is 1. The van der Waals surface area contributed by atoms with Gasteiger partial charge in [-0.05, 0) is 31.3 Å². The van der Waals surface area contributed by atoms with E-state index in [4.69, 9.17) is 17.0 Å². The number of carbonyl (C=O) groups is 1. The van der Waals surface area contributed by atoms with Gasteiger partial charge in [0.15, 0.2) is 5.11 Å². The zero-order valence-electron chi connectivity index (χ0n) is 11.6. The molecule has 0 bridgehead atoms. The van der Waals surface area contributed by atoms with Crippen molar-refractivity contribution in [2.75, 3.05) is 13.2 Å². The van der Waals surface area contributed by atoms with Gasteiger partial charge in [0.05, 0.1) is 11.7 Å². The van der Waals surface area contributed by atoms with Crippen LogP contribution >= 0.6 is 12.2 Å². The molecule has 0 saturated carbocycles. The molecule has 0 heterocycles. The summed E-state index contributed by atoms with van der Waals surface area (Å²) in [5.41, 5.74) is 4.16. The van der Waals surface area contributed by atoms with E-state index in [1.54, 1.807) is 31.2 Å². The van der Waals surface area contributed by atoms with Gasteiger partial charge in [0.2, 0.25) is 0 Å². The fraction of sp³-hybridized carbons (Fsp3) is 0.214. The van der Waals surface area contributed by atoms with Gasteiger partial charge in [-0.3, -0.25) is 5.43 Å². The molecule has 6 nitrogen and oxygen atoms in total. The maximum Gasteiger partial charge on any atom is 0.187 e. The largest absolute Gasteiger partial charge is 0.546 e. The molecule has 0 saturated heterocycles.